The first-order valence-electron chi connectivity index (χ1n) is 9.09. The number of hydrogen-bond acceptors (Lipinski definition) is 3. The summed E-state index contributed by atoms with van der Waals surface area (Å²) >= 11 is 0. The molecule has 1 heterocycles. The van der Waals surface area contributed by atoms with Crippen molar-refractivity contribution in [3.63, 3.8) is 0 Å². The number of nitrogens with zero attached hydrogens (tertiary/aromatic N) is 1. The highest BCUT2D eigenvalue weighted by Crippen LogP contribution is 2.16. The van der Waals surface area contributed by atoms with Crippen LogP contribution < -0.4 is 11.1 Å². The number of likely N-dealkylation sites (tertiary alicyclic amines) is 1. The topological polar surface area (TPSA) is 58.4 Å². The lowest BCUT2D eigenvalue weighted by Gasteiger charge is -2.26. The Morgan fingerprint density at radius 1 is 1.09 bits per heavy atom. The van der Waals surface area contributed by atoms with Crippen LogP contribution in [0.5, 0.6) is 0 Å². The molecule has 4 nitrogen and oxygen atoms in total. The van der Waals surface area contributed by atoms with Gasteiger partial charge in [0.15, 0.2) is 0 Å². The van der Waals surface area contributed by atoms with Crippen LogP contribution in [0.3, 0.4) is 0 Å². The van der Waals surface area contributed by atoms with Gasteiger partial charge < -0.3 is 11.1 Å². The van der Waals surface area contributed by atoms with E-state index in [-0.39, 0.29) is 5.91 Å². The van der Waals surface area contributed by atoms with Gasteiger partial charge in [0.1, 0.15) is 0 Å². The van der Waals surface area contributed by atoms with E-state index in [0.717, 1.165) is 44.5 Å². The van der Waals surface area contributed by atoms with Crippen molar-refractivity contribution in [2.75, 3.05) is 25.0 Å². The molecule has 0 saturated carbocycles. The predicted octanol–water partition coefficient (Wildman–Crippen LogP) is 3.52. The van der Waals surface area contributed by atoms with Crippen LogP contribution in [-0.4, -0.2) is 30.4 Å². The summed E-state index contributed by atoms with van der Waals surface area (Å²) in [5.74, 6) is 0.118. The monoisotopic (exact) mass is 317 g/mol. The molecule has 3 N–H and O–H groups in total. The number of carbonyl (C=O) groups is 1. The molecule has 1 fully saturated rings. The number of rotatable bonds is 9. The number of unbranched alkanes of at least 4 members (excludes halogenated alkanes) is 3. The van der Waals surface area contributed by atoms with Gasteiger partial charge in [0, 0.05) is 18.7 Å². The van der Waals surface area contributed by atoms with E-state index in [4.69, 9.17) is 5.73 Å². The van der Waals surface area contributed by atoms with Gasteiger partial charge in [-0.2, -0.15) is 0 Å². The number of benzene rings is 1. The van der Waals surface area contributed by atoms with Crippen molar-refractivity contribution in [3.05, 3.63) is 29.8 Å². The first-order chi connectivity index (χ1) is 11.3. The quantitative estimate of drug-likeness (QED) is 0.685. The van der Waals surface area contributed by atoms with Gasteiger partial charge in [0.25, 0.3) is 0 Å². The molecule has 2 rings (SSSR count). The molecule has 23 heavy (non-hydrogen) atoms. The Morgan fingerprint density at radius 2 is 1.87 bits per heavy atom. The average molecular weight is 317 g/mol. The maximum atomic E-state index is 12.0. The smallest absolute Gasteiger partial charge is 0.224 e. The second-order valence-corrected chi connectivity index (χ2v) is 6.54. The van der Waals surface area contributed by atoms with Crippen LogP contribution in [0, 0.1) is 0 Å². The average Bonchev–Trinajstić information content (AvgIpc) is 2.56. The van der Waals surface area contributed by atoms with Crippen molar-refractivity contribution in [3.8, 4) is 0 Å². The lowest BCUT2D eigenvalue weighted by atomic mass is 10.1. The van der Waals surface area contributed by atoms with Crippen LogP contribution in [0.1, 0.15) is 56.9 Å². The maximum Gasteiger partial charge on any atom is 0.224 e. The standard InChI is InChI=1S/C19H31N3O/c20-12-5-2-1-4-11-19(23)21-18-10-8-9-17(15-18)16-22-13-6-3-7-14-22/h8-10,15H,1-7,11-14,16,20H2,(H,21,23). The summed E-state index contributed by atoms with van der Waals surface area (Å²) in [6, 6.07) is 8.28. The lowest BCUT2D eigenvalue weighted by molar-refractivity contribution is -0.116. The van der Waals surface area contributed by atoms with Gasteiger partial charge in [-0.05, 0) is 63.0 Å². The summed E-state index contributed by atoms with van der Waals surface area (Å²) in [5, 5.41) is 3.03. The summed E-state index contributed by atoms with van der Waals surface area (Å²) in [6.45, 7) is 4.12. The molecule has 0 aromatic heterocycles. The van der Waals surface area contributed by atoms with Crippen molar-refractivity contribution in [1.29, 1.82) is 0 Å². The fraction of sp³-hybridized carbons (Fsp3) is 0.632. The van der Waals surface area contributed by atoms with Gasteiger partial charge in [0.2, 0.25) is 5.91 Å². The van der Waals surface area contributed by atoms with Crippen LogP contribution >= 0.6 is 0 Å². The summed E-state index contributed by atoms with van der Waals surface area (Å²) < 4.78 is 0. The van der Waals surface area contributed by atoms with Crippen LogP contribution in [0.4, 0.5) is 5.69 Å². The molecule has 1 aromatic rings. The Balaban J connectivity index is 1.74. The highest BCUT2D eigenvalue weighted by Gasteiger charge is 2.10. The first kappa shape index (κ1) is 18.0. The van der Waals surface area contributed by atoms with Crippen LogP contribution in [0.25, 0.3) is 0 Å². The predicted molar refractivity (Wildman–Crippen MR) is 96.3 cm³/mol. The van der Waals surface area contributed by atoms with E-state index in [1.807, 2.05) is 12.1 Å². The second-order valence-electron chi connectivity index (χ2n) is 6.54. The fourth-order valence-corrected chi connectivity index (χ4v) is 3.13. The van der Waals surface area contributed by atoms with Crippen molar-refractivity contribution in [1.82, 2.24) is 4.90 Å². The summed E-state index contributed by atoms with van der Waals surface area (Å²) in [6.07, 6.45) is 8.77. The van der Waals surface area contributed by atoms with Crippen LogP contribution in [-0.2, 0) is 11.3 Å². The van der Waals surface area contributed by atoms with Crippen molar-refractivity contribution >= 4 is 11.6 Å². The van der Waals surface area contributed by atoms with Gasteiger partial charge in [0.05, 0.1) is 0 Å². The van der Waals surface area contributed by atoms with Crippen LogP contribution in [0.15, 0.2) is 24.3 Å². The van der Waals surface area contributed by atoms with Gasteiger partial charge in [-0.25, -0.2) is 0 Å². The van der Waals surface area contributed by atoms with Crippen molar-refractivity contribution in [2.45, 2.75) is 57.9 Å². The molecule has 0 spiro atoms. The fourth-order valence-electron chi connectivity index (χ4n) is 3.13. The lowest BCUT2D eigenvalue weighted by Crippen LogP contribution is -2.29. The number of nitrogens with one attached hydrogen (secondary N) is 1. The van der Waals surface area contributed by atoms with Gasteiger partial charge in [-0.1, -0.05) is 31.4 Å². The van der Waals surface area contributed by atoms with E-state index in [0.29, 0.717) is 6.42 Å². The molecule has 1 saturated heterocycles. The molecule has 0 unspecified atom stereocenters. The Morgan fingerprint density at radius 3 is 2.65 bits per heavy atom. The van der Waals surface area contributed by atoms with Gasteiger partial charge in [-0.3, -0.25) is 9.69 Å². The molecule has 1 aliphatic heterocycles. The Hall–Kier alpha value is -1.39. The number of amides is 1. The van der Waals surface area contributed by atoms with Gasteiger partial charge in [-0.15, -0.1) is 0 Å². The van der Waals surface area contributed by atoms with E-state index < -0.39 is 0 Å². The highest BCUT2D eigenvalue weighted by atomic mass is 16.1. The molecule has 0 atom stereocenters. The largest absolute Gasteiger partial charge is 0.330 e. The van der Waals surface area contributed by atoms with Crippen LogP contribution in [0.2, 0.25) is 0 Å². The summed E-state index contributed by atoms with van der Waals surface area (Å²) in [7, 11) is 0. The number of anilines is 1. The Labute approximate surface area is 140 Å². The second kappa shape index (κ2) is 10.4. The first-order valence-corrected chi connectivity index (χ1v) is 9.09. The van der Waals surface area contributed by atoms with Gasteiger partial charge >= 0.3 is 0 Å². The number of piperidine rings is 1. The maximum absolute atomic E-state index is 12.0. The normalized spacial score (nSPS) is 15.5. The molecule has 0 bridgehead atoms. The molecule has 4 heteroatoms. The molecule has 0 aliphatic carbocycles. The summed E-state index contributed by atoms with van der Waals surface area (Å²) in [5.41, 5.74) is 7.68. The van der Waals surface area contributed by atoms with E-state index in [9.17, 15) is 4.79 Å². The molecule has 1 amide bonds. The third-order valence-electron chi connectivity index (χ3n) is 4.42. The van der Waals surface area contributed by atoms with E-state index in [1.165, 1.54) is 37.9 Å². The van der Waals surface area contributed by atoms with Crippen molar-refractivity contribution < 1.29 is 4.79 Å². The number of hydrogen-bond donors (Lipinski definition) is 2. The van der Waals surface area contributed by atoms with Crippen molar-refractivity contribution in [2.24, 2.45) is 5.73 Å². The third kappa shape index (κ3) is 7.14. The molecule has 0 radical (unpaired) electrons. The molecule has 128 valence electrons. The van der Waals surface area contributed by atoms with E-state index in [2.05, 4.69) is 22.3 Å². The third-order valence-corrected chi connectivity index (χ3v) is 4.42. The zero-order chi connectivity index (χ0) is 16.3. The number of carbonyl (C=O) groups excluding carboxylic acids is 1. The minimum atomic E-state index is 0.118. The SMILES string of the molecule is NCCCCCCC(=O)Nc1cccc(CN2CCCCC2)c1. The summed E-state index contributed by atoms with van der Waals surface area (Å²) in [4.78, 5) is 14.5. The minimum absolute atomic E-state index is 0.118. The zero-order valence-electron chi connectivity index (χ0n) is 14.2. The molecular weight excluding hydrogens is 286 g/mol. The molecular formula is C19H31N3O. The van der Waals surface area contributed by atoms with E-state index in [1.54, 1.807) is 0 Å². The Bertz CT molecular complexity index is 469. The zero-order valence-corrected chi connectivity index (χ0v) is 14.2. The van der Waals surface area contributed by atoms with E-state index >= 15 is 0 Å². The molecule has 1 aliphatic rings. The Kier molecular flexibility index (Phi) is 8.12. The number of nitrogens with two attached hydrogens (primary N) is 1. The highest BCUT2D eigenvalue weighted by molar-refractivity contribution is 5.90. The minimum Gasteiger partial charge on any atom is -0.330 e. The molecule has 1 aromatic carbocycles.